The van der Waals surface area contributed by atoms with Crippen LogP contribution >= 0.6 is 11.6 Å². The van der Waals surface area contributed by atoms with E-state index in [2.05, 4.69) is 0 Å². The van der Waals surface area contributed by atoms with Gasteiger partial charge < -0.3 is 14.6 Å². The number of aliphatic hydroxyl groups is 1. The van der Waals surface area contributed by atoms with Gasteiger partial charge in [-0.05, 0) is 37.5 Å². The lowest BCUT2D eigenvalue weighted by molar-refractivity contribution is 0.150. The number of fused-ring (bicyclic) bond motifs is 1. The first-order chi connectivity index (χ1) is 7.63. The summed E-state index contributed by atoms with van der Waals surface area (Å²) in [4.78, 5) is 0. The number of rotatable bonds is 2. The Bertz CT molecular complexity index is 438. The largest absolute Gasteiger partial charge is 0.454 e. The van der Waals surface area contributed by atoms with Crippen molar-refractivity contribution in [3.05, 3.63) is 22.7 Å². The molecule has 1 aliphatic carbocycles. The smallest absolute Gasteiger partial charge is 0.231 e. The summed E-state index contributed by atoms with van der Waals surface area (Å²) in [6.45, 7) is 2.05. The topological polar surface area (TPSA) is 38.7 Å². The van der Waals surface area contributed by atoms with Crippen LogP contribution in [0, 0.1) is 0 Å². The summed E-state index contributed by atoms with van der Waals surface area (Å²) in [5.74, 6) is 1.31. The molecule has 1 saturated carbocycles. The number of benzene rings is 1. The van der Waals surface area contributed by atoms with E-state index in [9.17, 15) is 5.11 Å². The zero-order valence-corrected chi connectivity index (χ0v) is 9.75. The zero-order chi connectivity index (χ0) is 11.3. The molecule has 86 valence electrons. The van der Waals surface area contributed by atoms with E-state index in [0.717, 1.165) is 18.4 Å². The minimum absolute atomic E-state index is 0.120. The van der Waals surface area contributed by atoms with Crippen LogP contribution in [0.3, 0.4) is 0 Å². The molecular formula is C12H13ClO3. The second kappa shape index (κ2) is 3.28. The van der Waals surface area contributed by atoms with E-state index in [1.54, 1.807) is 0 Å². The molecule has 0 saturated heterocycles. The summed E-state index contributed by atoms with van der Waals surface area (Å²) in [5, 5.41) is 10.4. The van der Waals surface area contributed by atoms with Crippen molar-refractivity contribution in [1.82, 2.24) is 0 Å². The summed E-state index contributed by atoms with van der Waals surface area (Å²) in [6.07, 6.45) is 1.64. The van der Waals surface area contributed by atoms with Gasteiger partial charge in [0.05, 0.1) is 11.1 Å². The molecule has 0 radical (unpaired) electrons. The van der Waals surface area contributed by atoms with E-state index >= 15 is 0 Å². The fourth-order valence-corrected chi connectivity index (χ4v) is 2.60. The van der Waals surface area contributed by atoms with Crippen molar-refractivity contribution in [2.75, 3.05) is 6.79 Å². The molecule has 1 atom stereocenters. The molecule has 4 heteroatoms. The van der Waals surface area contributed by atoms with Crippen LogP contribution < -0.4 is 9.47 Å². The first-order valence-electron chi connectivity index (χ1n) is 5.41. The lowest BCUT2D eigenvalue weighted by Gasteiger charge is -2.19. The van der Waals surface area contributed by atoms with Crippen molar-refractivity contribution in [1.29, 1.82) is 0 Å². The molecule has 3 nitrogen and oxygen atoms in total. The number of halogens is 1. The van der Waals surface area contributed by atoms with Gasteiger partial charge in [0.1, 0.15) is 0 Å². The molecular weight excluding hydrogens is 228 g/mol. The van der Waals surface area contributed by atoms with Crippen LogP contribution in [0.25, 0.3) is 0 Å². The predicted molar refractivity (Wildman–Crippen MR) is 60.2 cm³/mol. The highest BCUT2D eigenvalue weighted by molar-refractivity contribution is 6.32. The number of hydrogen-bond donors (Lipinski definition) is 1. The fraction of sp³-hybridized carbons (Fsp3) is 0.500. The van der Waals surface area contributed by atoms with Crippen molar-refractivity contribution in [3.8, 4) is 11.5 Å². The minimum Gasteiger partial charge on any atom is -0.454 e. The third kappa shape index (κ3) is 1.31. The average molecular weight is 241 g/mol. The Hall–Kier alpha value is -0.930. The monoisotopic (exact) mass is 240 g/mol. The molecule has 1 aromatic carbocycles. The van der Waals surface area contributed by atoms with Gasteiger partial charge in [0.25, 0.3) is 0 Å². The van der Waals surface area contributed by atoms with E-state index in [1.165, 1.54) is 0 Å². The Labute approximate surface area is 98.9 Å². The maximum absolute atomic E-state index is 9.82. The Morgan fingerprint density at radius 1 is 1.38 bits per heavy atom. The summed E-state index contributed by atoms with van der Waals surface area (Å²) < 4.78 is 10.6. The standard InChI is InChI=1S/C12H13ClO3/c1-7(14)12(2-3-12)8-4-9(13)11-10(5-8)15-6-16-11/h4-5,7,14H,2-3,6H2,1H3. The molecule has 1 unspecified atom stereocenters. The fourth-order valence-electron chi connectivity index (χ4n) is 2.34. The highest BCUT2D eigenvalue weighted by Crippen LogP contribution is 2.54. The van der Waals surface area contributed by atoms with Crippen LogP contribution in [-0.2, 0) is 5.41 Å². The quantitative estimate of drug-likeness (QED) is 0.863. The Morgan fingerprint density at radius 2 is 2.12 bits per heavy atom. The minimum atomic E-state index is -0.357. The van der Waals surface area contributed by atoms with Crippen molar-refractivity contribution in [2.45, 2.75) is 31.3 Å². The molecule has 1 aliphatic heterocycles. The number of aliphatic hydroxyl groups excluding tert-OH is 1. The third-order valence-corrected chi connectivity index (χ3v) is 3.87. The second-order valence-electron chi connectivity index (χ2n) is 4.52. The van der Waals surface area contributed by atoms with Crippen molar-refractivity contribution in [2.24, 2.45) is 0 Å². The van der Waals surface area contributed by atoms with Gasteiger partial charge in [0.2, 0.25) is 6.79 Å². The molecule has 0 bridgehead atoms. The maximum Gasteiger partial charge on any atom is 0.231 e. The molecule has 1 fully saturated rings. The molecule has 0 spiro atoms. The van der Waals surface area contributed by atoms with Gasteiger partial charge in [0.15, 0.2) is 11.5 Å². The van der Waals surface area contributed by atoms with Crippen LogP contribution in [-0.4, -0.2) is 18.0 Å². The summed E-state index contributed by atoms with van der Waals surface area (Å²) in [7, 11) is 0. The van der Waals surface area contributed by atoms with Crippen LogP contribution in [0.4, 0.5) is 0 Å². The molecule has 1 heterocycles. The van der Waals surface area contributed by atoms with E-state index in [-0.39, 0.29) is 18.3 Å². The van der Waals surface area contributed by atoms with Gasteiger partial charge >= 0.3 is 0 Å². The van der Waals surface area contributed by atoms with Crippen LogP contribution in [0.2, 0.25) is 5.02 Å². The highest BCUT2D eigenvalue weighted by atomic mass is 35.5. The van der Waals surface area contributed by atoms with Gasteiger partial charge in [-0.15, -0.1) is 0 Å². The van der Waals surface area contributed by atoms with Gasteiger partial charge in [-0.25, -0.2) is 0 Å². The SMILES string of the molecule is CC(O)C1(c2cc(Cl)c3c(c2)OCO3)CC1. The molecule has 1 N–H and O–H groups in total. The van der Waals surface area contributed by atoms with Gasteiger partial charge in [-0.1, -0.05) is 11.6 Å². The molecule has 1 aromatic rings. The first-order valence-corrected chi connectivity index (χ1v) is 5.79. The van der Waals surface area contributed by atoms with E-state index < -0.39 is 0 Å². The molecule has 2 aliphatic rings. The van der Waals surface area contributed by atoms with Crippen molar-refractivity contribution < 1.29 is 14.6 Å². The van der Waals surface area contributed by atoms with E-state index in [4.69, 9.17) is 21.1 Å². The van der Waals surface area contributed by atoms with Crippen molar-refractivity contribution >= 4 is 11.6 Å². The van der Waals surface area contributed by atoms with E-state index in [1.807, 2.05) is 19.1 Å². The van der Waals surface area contributed by atoms with Gasteiger partial charge in [-0.2, -0.15) is 0 Å². The van der Waals surface area contributed by atoms with Gasteiger partial charge in [-0.3, -0.25) is 0 Å². The zero-order valence-electron chi connectivity index (χ0n) is 9.00. The Kier molecular flexibility index (Phi) is 2.10. The summed E-state index contributed by atoms with van der Waals surface area (Å²) in [5.41, 5.74) is 0.932. The Balaban J connectivity index is 2.07. The second-order valence-corrected chi connectivity index (χ2v) is 4.93. The normalized spacial score (nSPS) is 21.9. The maximum atomic E-state index is 9.82. The van der Waals surface area contributed by atoms with Crippen LogP contribution in [0.5, 0.6) is 11.5 Å². The van der Waals surface area contributed by atoms with Gasteiger partial charge in [0, 0.05) is 5.41 Å². The number of ether oxygens (including phenoxy) is 2. The predicted octanol–water partition coefficient (Wildman–Crippen LogP) is 2.48. The lowest BCUT2D eigenvalue weighted by atomic mass is 9.90. The van der Waals surface area contributed by atoms with Crippen LogP contribution in [0.15, 0.2) is 12.1 Å². The molecule has 3 rings (SSSR count). The van der Waals surface area contributed by atoms with Crippen LogP contribution in [0.1, 0.15) is 25.3 Å². The Morgan fingerprint density at radius 3 is 2.75 bits per heavy atom. The lowest BCUT2D eigenvalue weighted by Crippen LogP contribution is -2.22. The molecule has 0 amide bonds. The van der Waals surface area contributed by atoms with Crippen molar-refractivity contribution in [3.63, 3.8) is 0 Å². The summed E-state index contributed by atoms with van der Waals surface area (Å²) in [6, 6.07) is 3.82. The molecule has 0 aromatic heterocycles. The first kappa shape index (κ1) is 10.2. The average Bonchev–Trinajstić information content (AvgIpc) is 2.92. The highest BCUT2D eigenvalue weighted by Gasteiger charge is 2.49. The molecule has 16 heavy (non-hydrogen) atoms. The number of hydrogen-bond acceptors (Lipinski definition) is 3. The van der Waals surface area contributed by atoms with E-state index in [0.29, 0.717) is 16.5 Å². The summed E-state index contributed by atoms with van der Waals surface area (Å²) >= 11 is 6.13. The third-order valence-electron chi connectivity index (χ3n) is 3.59.